The molecule has 0 aliphatic carbocycles. The number of rotatable bonds is 5. The Kier molecular flexibility index (Phi) is 5.03. The van der Waals surface area contributed by atoms with Crippen molar-refractivity contribution in [1.29, 1.82) is 0 Å². The lowest BCUT2D eigenvalue weighted by Crippen LogP contribution is -2.37. The third kappa shape index (κ3) is 3.76. The molecule has 0 saturated carbocycles. The largest absolute Gasteiger partial charge is 0.341 e. The Morgan fingerprint density at radius 2 is 2.22 bits per heavy atom. The molecule has 0 radical (unpaired) electrons. The number of hydrogen-bond acceptors (Lipinski definition) is 5. The number of carbonyl (C=O) groups excluding carboxylic acids is 1. The number of amides is 1. The standard InChI is InChI=1S/C17H22N4OS/c1-13(15-5-3-10-23-15)17(22)21-9-6-14(11-21)20(2)12-16-18-7-4-8-19-16/h3-5,7-8,10,13-14H,6,9,11-12H2,1-2H3. The molecule has 2 atom stereocenters. The zero-order chi connectivity index (χ0) is 16.2. The molecule has 23 heavy (non-hydrogen) atoms. The number of hydrogen-bond donors (Lipinski definition) is 0. The second-order valence-corrected chi connectivity index (χ2v) is 7.02. The van der Waals surface area contributed by atoms with Crippen LogP contribution in [0.3, 0.4) is 0 Å². The highest BCUT2D eigenvalue weighted by Crippen LogP contribution is 2.25. The highest BCUT2D eigenvalue weighted by Gasteiger charge is 2.31. The number of likely N-dealkylation sites (tertiary alicyclic amines) is 1. The lowest BCUT2D eigenvalue weighted by Gasteiger charge is -2.25. The maximum atomic E-state index is 12.7. The Balaban J connectivity index is 1.56. The van der Waals surface area contributed by atoms with E-state index in [1.807, 2.05) is 35.4 Å². The molecule has 122 valence electrons. The topological polar surface area (TPSA) is 49.3 Å². The van der Waals surface area contributed by atoms with E-state index >= 15 is 0 Å². The summed E-state index contributed by atoms with van der Waals surface area (Å²) in [4.78, 5) is 26.6. The lowest BCUT2D eigenvalue weighted by atomic mass is 10.1. The molecule has 1 amide bonds. The summed E-state index contributed by atoms with van der Waals surface area (Å²) in [6, 6.07) is 6.24. The molecule has 1 saturated heterocycles. The van der Waals surface area contributed by atoms with Crippen LogP contribution in [0.15, 0.2) is 36.0 Å². The molecule has 0 spiro atoms. The van der Waals surface area contributed by atoms with Crippen LogP contribution in [0.4, 0.5) is 0 Å². The van der Waals surface area contributed by atoms with Gasteiger partial charge in [-0.15, -0.1) is 11.3 Å². The van der Waals surface area contributed by atoms with Gasteiger partial charge >= 0.3 is 0 Å². The summed E-state index contributed by atoms with van der Waals surface area (Å²) in [6.45, 7) is 4.34. The molecule has 2 aromatic heterocycles. The Labute approximate surface area is 141 Å². The van der Waals surface area contributed by atoms with Crippen molar-refractivity contribution >= 4 is 17.2 Å². The fourth-order valence-corrected chi connectivity index (χ4v) is 3.78. The summed E-state index contributed by atoms with van der Waals surface area (Å²) in [5.74, 6) is 1.02. The lowest BCUT2D eigenvalue weighted by molar-refractivity contribution is -0.131. The van der Waals surface area contributed by atoms with E-state index in [-0.39, 0.29) is 11.8 Å². The summed E-state index contributed by atoms with van der Waals surface area (Å²) < 4.78 is 0. The van der Waals surface area contributed by atoms with Crippen molar-refractivity contribution in [3.63, 3.8) is 0 Å². The fraction of sp³-hybridized carbons (Fsp3) is 0.471. The molecular weight excluding hydrogens is 308 g/mol. The van der Waals surface area contributed by atoms with E-state index in [0.29, 0.717) is 12.6 Å². The smallest absolute Gasteiger partial charge is 0.230 e. The van der Waals surface area contributed by atoms with E-state index in [0.717, 1.165) is 30.2 Å². The minimum atomic E-state index is -0.0449. The first-order valence-electron chi connectivity index (χ1n) is 7.93. The second-order valence-electron chi connectivity index (χ2n) is 6.04. The monoisotopic (exact) mass is 330 g/mol. The number of aromatic nitrogens is 2. The third-order valence-electron chi connectivity index (χ3n) is 4.45. The van der Waals surface area contributed by atoms with Crippen LogP contribution in [0.25, 0.3) is 0 Å². The summed E-state index contributed by atoms with van der Waals surface area (Å²) in [6.07, 6.45) is 4.54. The molecule has 5 nitrogen and oxygen atoms in total. The van der Waals surface area contributed by atoms with Gasteiger partial charge in [0.1, 0.15) is 5.82 Å². The van der Waals surface area contributed by atoms with Gasteiger partial charge in [0.15, 0.2) is 0 Å². The Bertz CT molecular complexity index is 631. The average molecular weight is 330 g/mol. The van der Waals surface area contributed by atoms with Gasteiger partial charge in [-0.3, -0.25) is 9.69 Å². The maximum Gasteiger partial charge on any atom is 0.230 e. The molecule has 1 fully saturated rings. The average Bonchev–Trinajstić information content (AvgIpc) is 3.26. The van der Waals surface area contributed by atoms with Crippen LogP contribution >= 0.6 is 11.3 Å². The van der Waals surface area contributed by atoms with E-state index in [2.05, 4.69) is 21.9 Å². The molecular formula is C17H22N4OS. The molecule has 2 aromatic rings. The van der Waals surface area contributed by atoms with Gasteiger partial charge < -0.3 is 4.90 Å². The van der Waals surface area contributed by atoms with E-state index in [4.69, 9.17) is 0 Å². The van der Waals surface area contributed by atoms with Gasteiger partial charge in [-0.1, -0.05) is 6.07 Å². The second kappa shape index (κ2) is 7.19. The normalized spacial score (nSPS) is 19.3. The predicted molar refractivity (Wildman–Crippen MR) is 91.2 cm³/mol. The van der Waals surface area contributed by atoms with Crippen molar-refractivity contribution < 1.29 is 4.79 Å². The molecule has 0 aromatic carbocycles. The minimum absolute atomic E-state index is 0.0449. The highest BCUT2D eigenvalue weighted by molar-refractivity contribution is 7.10. The number of likely N-dealkylation sites (N-methyl/N-ethyl adjacent to an activating group) is 1. The van der Waals surface area contributed by atoms with Gasteiger partial charge in [0.05, 0.1) is 12.5 Å². The van der Waals surface area contributed by atoms with Gasteiger partial charge in [-0.2, -0.15) is 0 Å². The van der Waals surface area contributed by atoms with Crippen LogP contribution in [0.5, 0.6) is 0 Å². The van der Waals surface area contributed by atoms with Gasteiger partial charge in [-0.25, -0.2) is 9.97 Å². The molecule has 3 heterocycles. The van der Waals surface area contributed by atoms with E-state index in [9.17, 15) is 4.79 Å². The predicted octanol–water partition coefficient (Wildman–Crippen LogP) is 2.37. The van der Waals surface area contributed by atoms with Gasteiger partial charge in [0.2, 0.25) is 5.91 Å². The van der Waals surface area contributed by atoms with Crippen molar-refractivity contribution in [2.24, 2.45) is 0 Å². The van der Waals surface area contributed by atoms with Crippen molar-refractivity contribution in [3.05, 3.63) is 46.7 Å². The fourth-order valence-electron chi connectivity index (χ4n) is 3.00. The van der Waals surface area contributed by atoms with Gasteiger partial charge in [-0.05, 0) is 37.9 Å². The van der Waals surface area contributed by atoms with Crippen LogP contribution in [0.1, 0.15) is 30.0 Å². The Morgan fingerprint density at radius 1 is 1.43 bits per heavy atom. The summed E-state index contributed by atoms with van der Waals surface area (Å²) in [7, 11) is 2.08. The van der Waals surface area contributed by atoms with E-state index < -0.39 is 0 Å². The van der Waals surface area contributed by atoms with Crippen molar-refractivity contribution in [3.8, 4) is 0 Å². The highest BCUT2D eigenvalue weighted by atomic mass is 32.1. The maximum absolute atomic E-state index is 12.7. The summed E-state index contributed by atoms with van der Waals surface area (Å²) >= 11 is 1.65. The minimum Gasteiger partial charge on any atom is -0.341 e. The summed E-state index contributed by atoms with van der Waals surface area (Å²) in [5, 5.41) is 2.03. The Hall–Kier alpha value is -1.79. The SMILES string of the molecule is CC(C(=O)N1CCC(N(C)Cc2ncccn2)C1)c1cccs1. The first kappa shape index (κ1) is 16.1. The zero-order valence-electron chi connectivity index (χ0n) is 13.6. The molecule has 0 bridgehead atoms. The molecule has 1 aliphatic heterocycles. The molecule has 6 heteroatoms. The molecule has 2 unspecified atom stereocenters. The number of nitrogens with zero attached hydrogens (tertiary/aromatic N) is 4. The van der Waals surface area contributed by atoms with Gasteiger partial charge in [0, 0.05) is 36.4 Å². The van der Waals surface area contributed by atoms with Crippen LogP contribution in [0, 0.1) is 0 Å². The number of thiophene rings is 1. The third-order valence-corrected chi connectivity index (χ3v) is 5.50. The molecule has 3 rings (SSSR count). The molecule has 1 aliphatic rings. The van der Waals surface area contributed by atoms with Gasteiger partial charge in [0.25, 0.3) is 0 Å². The van der Waals surface area contributed by atoms with Crippen LogP contribution in [0.2, 0.25) is 0 Å². The van der Waals surface area contributed by atoms with Crippen molar-refractivity contribution in [2.75, 3.05) is 20.1 Å². The van der Waals surface area contributed by atoms with Crippen LogP contribution < -0.4 is 0 Å². The first-order chi connectivity index (χ1) is 11.1. The Morgan fingerprint density at radius 3 is 2.91 bits per heavy atom. The van der Waals surface area contributed by atoms with Crippen LogP contribution in [-0.4, -0.2) is 51.9 Å². The quantitative estimate of drug-likeness (QED) is 0.844. The van der Waals surface area contributed by atoms with E-state index in [1.54, 1.807) is 23.7 Å². The summed E-state index contributed by atoms with van der Waals surface area (Å²) in [5.41, 5.74) is 0. The number of carbonyl (C=O) groups is 1. The van der Waals surface area contributed by atoms with E-state index in [1.165, 1.54) is 0 Å². The van der Waals surface area contributed by atoms with Crippen molar-refractivity contribution in [2.45, 2.75) is 31.8 Å². The zero-order valence-corrected chi connectivity index (χ0v) is 14.4. The first-order valence-corrected chi connectivity index (χ1v) is 8.81. The van der Waals surface area contributed by atoms with Crippen molar-refractivity contribution in [1.82, 2.24) is 19.8 Å². The van der Waals surface area contributed by atoms with Crippen LogP contribution in [-0.2, 0) is 11.3 Å². The molecule has 0 N–H and O–H groups in total.